The molecular weight excluding hydrogens is 1900 g/mol. The smallest absolute Gasteiger partial charge is 0.0496 e. The fourth-order valence-electron chi connectivity index (χ4n) is 23.5. The number of hydrogen-bond acceptors (Lipinski definition) is 14. The molecule has 0 saturated heterocycles. The summed E-state index contributed by atoms with van der Waals surface area (Å²) in [6.45, 7) is 37.0. The van der Waals surface area contributed by atoms with Crippen LogP contribution >= 0.6 is 159 Å². The van der Waals surface area contributed by atoms with Crippen LogP contribution in [0, 0.1) is 69.2 Å². The molecule has 30 rings (SSSR count). The third-order valence-electron chi connectivity index (χ3n) is 30.1. The van der Waals surface area contributed by atoms with Gasteiger partial charge in [0.15, 0.2) is 0 Å². The van der Waals surface area contributed by atoms with Crippen molar-refractivity contribution in [1.82, 2.24) is 0 Å². The summed E-state index contributed by atoms with van der Waals surface area (Å²) in [6.07, 6.45) is 0. The molecule has 0 aliphatic heterocycles. The molecule has 135 heavy (non-hydrogen) atoms. The third kappa shape index (κ3) is 12.1. The third-order valence-corrected chi connectivity index (χ3v) is 47.0. The van der Waals surface area contributed by atoms with Crippen molar-refractivity contribution in [3.8, 4) is 79.4 Å². The second kappa shape index (κ2) is 29.5. The van der Waals surface area contributed by atoms with Gasteiger partial charge in [0.05, 0.1) is 0 Å². The maximum absolute atomic E-state index is 2.55. The molecule has 0 N–H and O–H groups in total. The molecule has 13 aromatic carbocycles. The van der Waals surface area contributed by atoms with E-state index in [4.69, 9.17) is 0 Å². The quantitative estimate of drug-likeness (QED) is 0.151. The zero-order valence-electron chi connectivity index (χ0n) is 77.2. The van der Waals surface area contributed by atoms with Crippen LogP contribution in [0.2, 0.25) is 0 Å². The molecule has 14 heterocycles. The van der Waals surface area contributed by atoms with Crippen molar-refractivity contribution >= 4 is 326 Å². The minimum absolute atomic E-state index is 0.0218. The first-order valence-corrected chi connectivity index (χ1v) is 57.7. The Morgan fingerprint density at radius 3 is 0.904 bits per heavy atom. The summed E-state index contributed by atoms with van der Waals surface area (Å²) in [4.78, 5) is 28.2. The van der Waals surface area contributed by atoms with Crippen LogP contribution in [0.25, 0.3) is 246 Å². The first kappa shape index (κ1) is 83.0. The highest BCUT2D eigenvalue weighted by Crippen LogP contribution is 2.63. The maximum Gasteiger partial charge on any atom is 0.0496 e. The van der Waals surface area contributed by atoms with Gasteiger partial charge in [-0.15, -0.1) is 159 Å². The first-order valence-electron chi connectivity index (χ1n) is 46.2. The molecule has 3 aliphatic rings. The van der Waals surface area contributed by atoms with Gasteiger partial charge in [0.2, 0.25) is 0 Å². The largest absolute Gasteiger partial charge is 0.141 e. The van der Waals surface area contributed by atoms with Crippen LogP contribution in [-0.2, 0) is 16.2 Å². The van der Waals surface area contributed by atoms with Crippen molar-refractivity contribution in [2.75, 3.05) is 0 Å². The van der Waals surface area contributed by atoms with Crippen LogP contribution in [0.1, 0.15) is 126 Å². The van der Waals surface area contributed by atoms with Gasteiger partial charge in [-0.05, 0) is 366 Å². The van der Waals surface area contributed by atoms with E-state index in [1.54, 1.807) is 0 Å². The Balaban J connectivity index is 0.000000101. The lowest BCUT2D eigenvalue weighted by molar-refractivity contribution is 0.653. The Morgan fingerprint density at radius 2 is 0.452 bits per heavy atom. The van der Waals surface area contributed by atoms with Crippen LogP contribution in [0.3, 0.4) is 0 Å². The molecule has 0 radical (unpaired) electrons. The second-order valence-corrected chi connectivity index (χ2v) is 55.6. The normalized spacial score (nSPS) is 14.1. The molecule has 0 amide bonds. The monoisotopic (exact) mass is 1990 g/mol. The van der Waals surface area contributed by atoms with Crippen molar-refractivity contribution in [3.05, 3.63) is 315 Å². The lowest BCUT2D eigenvalue weighted by Crippen LogP contribution is -2.16. The highest BCUT2D eigenvalue weighted by atomic mass is 32.2. The number of fused-ring (bicyclic) bond motifs is 37. The van der Waals surface area contributed by atoms with Crippen molar-refractivity contribution in [2.45, 2.75) is 127 Å². The summed E-state index contributed by atoms with van der Waals surface area (Å²) in [5.41, 5.74) is 17.6. The highest BCUT2D eigenvalue weighted by molar-refractivity contribution is 7.35. The minimum atomic E-state index is -0.0218. The molecule has 654 valence electrons. The summed E-state index contributed by atoms with van der Waals surface area (Å²) < 4.78 is 11.1. The van der Waals surface area contributed by atoms with Crippen molar-refractivity contribution in [2.24, 2.45) is 0 Å². The van der Waals surface area contributed by atoms with E-state index in [1.807, 2.05) is 159 Å². The van der Waals surface area contributed by atoms with Gasteiger partial charge in [0, 0.05) is 184 Å². The van der Waals surface area contributed by atoms with Gasteiger partial charge in [-0.3, -0.25) is 0 Å². The lowest BCUT2D eigenvalue weighted by Gasteiger charge is -2.24. The number of rotatable bonds is 5. The van der Waals surface area contributed by atoms with Crippen molar-refractivity contribution in [3.63, 3.8) is 0 Å². The molecule has 27 aromatic rings. The molecule has 0 fully saturated rings. The molecule has 0 atom stereocenters. The van der Waals surface area contributed by atoms with Crippen LogP contribution in [0.5, 0.6) is 0 Å². The Kier molecular flexibility index (Phi) is 18.1. The second-order valence-electron chi connectivity index (χ2n) is 39.5. The van der Waals surface area contributed by atoms with Gasteiger partial charge in [-0.1, -0.05) is 139 Å². The SMILES string of the molecule is Cc1cc2c(s1)-c1cc3c(cc1C2(C)C)-c1sc(-c2cc4c(ccc5c4ccc4c6ccc7sc(C)cc7c6ccc54)s2)cc1C3(C)C.Cc1cc2c(s1)-c1sc(-c3cc4c(ccc5c4ccc4c6ccc7sc(C)cc7c6ccc54)s3)cc1C2(C)C.Cc1ccc(-c2sc3c(C)c(-c4ccc(-c5cc6c(ccc7c8cc(C)c9c%10cc(C)sc%10ccc9c8cc(C)c67)s5)s4)sc3c2C)s1. The van der Waals surface area contributed by atoms with Crippen molar-refractivity contribution < 1.29 is 0 Å². The number of benzene rings is 13. The Hall–Kier alpha value is -10.2. The summed E-state index contributed by atoms with van der Waals surface area (Å²) in [5.74, 6) is 0. The molecule has 14 heteroatoms. The van der Waals surface area contributed by atoms with E-state index in [0.717, 1.165) is 0 Å². The fraction of sp³-hybridized carbons (Fsp3) is 0.157. The van der Waals surface area contributed by atoms with Crippen LogP contribution in [-0.4, -0.2) is 0 Å². The first-order chi connectivity index (χ1) is 65.2. The van der Waals surface area contributed by atoms with Crippen molar-refractivity contribution in [1.29, 1.82) is 0 Å². The van der Waals surface area contributed by atoms with Gasteiger partial charge in [0.1, 0.15) is 0 Å². The average molecular weight is 1990 g/mol. The summed E-state index contributed by atoms with van der Waals surface area (Å²) in [7, 11) is 0. The highest BCUT2D eigenvalue weighted by Gasteiger charge is 2.45. The predicted octanol–water partition coefficient (Wildman–Crippen LogP) is 42.7. The average Bonchev–Trinajstić information content (AvgIpc) is 1.53. The molecule has 0 bridgehead atoms. The molecule has 0 nitrogen and oxygen atoms in total. The number of thiophene rings is 14. The van der Waals surface area contributed by atoms with Crippen LogP contribution < -0.4 is 0 Å². The standard InChI is InChI=1S/C44H32S4.C42H30S6.C35H24S4/c1-21-15-29-27-9-7-24-23(25(27)11-13-37(29)45-21)8-10-28-26(24)12-14-38-30(28)19-39(47-38)40-20-36-42(48-40)32-18-33-31(17-34(32)44(36,5)6)41-35(43(33,3)4)16-22(2)46-41;1-19-15-28-26-9-12-32-30(38(26)20(2)16-27(28)25-8-11-31-29(37(19)25)17-22(4)44-31)18-36(45-32)33-13-14-35(46-33)40-24(6)42-41(48-40)23(5)39(47-42)34-10-7-21(3)43-34;1-17-13-25-23-7-5-20-19(21(23)9-11-29(25)36-17)6-8-24-22(20)10-12-30-26(24)15-31(38-30)32-16-28-34(39-32)33-27(35(28,3)4)14-18(2)37-33/h7-20H,1-6H3;7-18H,1-6H3;5-16H,1-4H3. The summed E-state index contributed by atoms with van der Waals surface area (Å²) in [6, 6.07) is 90.3. The Labute approximate surface area is 838 Å². The Morgan fingerprint density at radius 1 is 0.163 bits per heavy atom. The molecule has 0 saturated carbocycles. The van der Waals surface area contributed by atoms with Crippen LogP contribution in [0.15, 0.2) is 231 Å². The Bertz CT molecular complexity index is 10000. The van der Waals surface area contributed by atoms with E-state index < -0.39 is 0 Å². The number of aryl methyl sites for hydroxylation is 10. The topological polar surface area (TPSA) is 0 Å². The summed E-state index contributed by atoms with van der Waals surface area (Å²) >= 11 is 27.2. The van der Waals surface area contributed by atoms with Gasteiger partial charge < -0.3 is 0 Å². The zero-order chi connectivity index (χ0) is 91.2. The minimum Gasteiger partial charge on any atom is -0.141 e. The lowest BCUT2D eigenvalue weighted by atomic mass is 9.79. The zero-order valence-corrected chi connectivity index (χ0v) is 88.6. The summed E-state index contributed by atoms with van der Waals surface area (Å²) in [5, 5.41) is 32.7. The van der Waals surface area contributed by atoms with E-state index >= 15 is 0 Å². The van der Waals surface area contributed by atoms with Gasteiger partial charge in [-0.2, -0.15) is 0 Å². The van der Waals surface area contributed by atoms with Gasteiger partial charge >= 0.3 is 0 Å². The molecule has 0 spiro atoms. The number of hydrogen-bond donors (Lipinski definition) is 0. The van der Waals surface area contributed by atoms with E-state index in [-0.39, 0.29) is 16.2 Å². The van der Waals surface area contributed by atoms with Gasteiger partial charge in [-0.25, -0.2) is 0 Å². The van der Waals surface area contributed by atoms with Gasteiger partial charge in [0.25, 0.3) is 0 Å². The van der Waals surface area contributed by atoms with E-state index in [0.29, 0.717) is 0 Å². The van der Waals surface area contributed by atoms with E-state index in [9.17, 15) is 0 Å². The van der Waals surface area contributed by atoms with E-state index in [2.05, 4.69) is 341 Å². The predicted molar refractivity (Wildman–Crippen MR) is 617 cm³/mol. The molecular formula is C121H86S14. The molecule has 3 aliphatic carbocycles. The molecule has 0 unspecified atom stereocenters. The fourth-order valence-corrected chi connectivity index (χ4v) is 39.9. The maximum atomic E-state index is 2.55. The van der Waals surface area contributed by atoms with Crippen LogP contribution in [0.4, 0.5) is 0 Å². The molecule has 14 aromatic heterocycles. The van der Waals surface area contributed by atoms with E-state index in [1.165, 1.54) is 331 Å².